The van der Waals surface area contributed by atoms with Gasteiger partial charge in [0.2, 0.25) is 0 Å². The Morgan fingerprint density at radius 2 is 1.90 bits per heavy atom. The van der Waals surface area contributed by atoms with Gasteiger partial charge in [-0.25, -0.2) is 5.10 Å². The predicted octanol–water partition coefficient (Wildman–Crippen LogP) is 0.906. The number of aromatic amines is 1. The van der Waals surface area contributed by atoms with Crippen LogP contribution in [0.15, 0.2) is 29.1 Å². The van der Waals surface area contributed by atoms with Gasteiger partial charge in [-0.3, -0.25) is 14.4 Å². The van der Waals surface area contributed by atoms with E-state index in [1.54, 1.807) is 38.1 Å². The SMILES string of the molecule is CC(C)(CC(=O)O)NC(=O)c1n[nH]c(=O)c2ccccc12. The Labute approximate surface area is 120 Å². The van der Waals surface area contributed by atoms with Crippen molar-refractivity contribution in [1.29, 1.82) is 0 Å². The van der Waals surface area contributed by atoms with Crippen molar-refractivity contribution in [3.63, 3.8) is 0 Å². The van der Waals surface area contributed by atoms with Gasteiger partial charge in [-0.15, -0.1) is 0 Å². The predicted molar refractivity (Wildman–Crippen MR) is 76.2 cm³/mol. The monoisotopic (exact) mass is 289 g/mol. The number of carboxylic acid groups (broad SMARTS) is 1. The van der Waals surface area contributed by atoms with Gasteiger partial charge in [0.1, 0.15) is 0 Å². The maximum atomic E-state index is 12.3. The van der Waals surface area contributed by atoms with E-state index in [1.807, 2.05) is 0 Å². The summed E-state index contributed by atoms with van der Waals surface area (Å²) < 4.78 is 0. The van der Waals surface area contributed by atoms with Crippen molar-refractivity contribution in [3.05, 3.63) is 40.3 Å². The quantitative estimate of drug-likeness (QED) is 0.774. The summed E-state index contributed by atoms with van der Waals surface area (Å²) in [4.78, 5) is 34.7. The smallest absolute Gasteiger partial charge is 0.305 e. The molecule has 21 heavy (non-hydrogen) atoms. The highest BCUT2D eigenvalue weighted by Crippen LogP contribution is 2.15. The third-order valence-electron chi connectivity index (χ3n) is 2.96. The van der Waals surface area contributed by atoms with Crippen LogP contribution in [0, 0.1) is 0 Å². The second-order valence-corrected chi connectivity index (χ2v) is 5.36. The van der Waals surface area contributed by atoms with Gasteiger partial charge in [-0.05, 0) is 19.9 Å². The average Bonchev–Trinajstić information content (AvgIpc) is 2.37. The first-order valence-corrected chi connectivity index (χ1v) is 6.32. The van der Waals surface area contributed by atoms with Gasteiger partial charge in [0.15, 0.2) is 5.69 Å². The zero-order valence-electron chi connectivity index (χ0n) is 11.6. The van der Waals surface area contributed by atoms with E-state index in [1.165, 1.54) is 0 Å². The van der Waals surface area contributed by atoms with Gasteiger partial charge in [-0.2, -0.15) is 5.10 Å². The fourth-order valence-corrected chi connectivity index (χ4v) is 2.08. The molecule has 0 spiro atoms. The van der Waals surface area contributed by atoms with E-state index in [0.29, 0.717) is 10.8 Å². The Morgan fingerprint density at radius 1 is 1.29 bits per heavy atom. The molecular formula is C14H15N3O4. The number of carboxylic acids is 1. The third-order valence-corrected chi connectivity index (χ3v) is 2.96. The first-order valence-electron chi connectivity index (χ1n) is 6.32. The molecule has 0 saturated heterocycles. The number of aliphatic carboxylic acids is 1. The molecule has 0 fully saturated rings. The van der Waals surface area contributed by atoms with E-state index in [9.17, 15) is 14.4 Å². The highest BCUT2D eigenvalue weighted by molar-refractivity contribution is 6.05. The lowest BCUT2D eigenvalue weighted by atomic mass is 10.00. The van der Waals surface area contributed by atoms with E-state index in [4.69, 9.17) is 5.11 Å². The van der Waals surface area contributed by atoms with E-state index in [0.717, 1.165) is 0 Å². The molecule has 3 N–H and O–H groups in total. The molecule has 0 aliphatic heterocycles. The fourth-order valence-electron chi connectivity index (χ4n) is 2.08. The van der Waals surface area contributed by atoms with Crippen molar-refractivity contribution >= 4 is 22.6 Å². The number of aromatic nitrogens is 2. The summed E-state index contributed by atoms with van der Waals surface area (Å²) in [5.41, 5.74) is -1.25. The number of fused-ring (bicyclic) bond motifs is 1. The van der Waals surface area contributed by atoms with Gasteiger partial charge in [0.05, 0.1) is 11.8 Å². The molecule has 1 aromatic carbocycles. The molecule has 1 heterocycles. The summed E-state index contributed by atoms with van der Waals surface area (Å²) in [5, 5.41) is 18.3. The molecule has 1 amide bonds. The fraction of sp³-hybridized carbons (Fsp3) is 0.286. The van der Waals surface area contributed by atoms with Crippen LogP contribution in [0.2, 0.25) is 0 Å². The number of carbonyl (C=O) groups excluding carboxylic acids is 1. The second-order valence-electron chi connectivity index (χ2n) is 5.36. The van der Waals surface area contributed by atoms with Crippen molar-refractivity contribution in [3.8, 4) is 0 Å². The maximum absolute atomic E-state index is 12.3. The number of H-pyrrole nitrogens is 1. The number of benzene rings is 1. The first kappa shape index (κ1) is 14.7. The van der Waals surface area contributed by atoms with Crippen molar-refractivity contribution in [2.24, 2.45) is 0 Å². The first-order chi connectivity index (χ1) is 9.80. The Morgan fingerprint density at radius 3 is 2.52 bits per heavy atom. The Kier molecular flexibility index (Phi) is 3.75. The van der Waals surface area contributed by atoms with Crippen LogP contribution in [0.1, 0.15) is 30.8 Å². The number of nitrogens with zero attached hydrogens (tertiary/aromatic N) is 1. The van der Waals surface area contributed by atoms with Gasteiger partial charge in [0.25, 0.3) is 11.5 Å². The van der Waals surface area contributed by atoms with Gasteiger partial charge < -0.3 is 10.4 Å². The number of hydrogen-bond donors (Lipinski definition) is 3. The van der Waals surface area contributed by atoms with Crippen molar-refractivity contribution in [2.45, 2.75) is 25.8 Å². The van der Waals surface area contributed by atoms with Crippen LogP contribution in [0.3, 0.4) is 0 Å². The largest absolute Gasteiger partial charge is 0.481 e. The van der Waals surface area contributed by atoms with Gasteiger partial charge >= 0.3 is 5.97 Å². The molecule has 0 aliphatic rings. The van der Waals surface area contributed by atoms with Crippen LogP contribution < -0.4 is 10.9 Å². The summed E-state index contributed by atoms with van der Waals surface area (Å²) >= 11 is 0. The highest BCUT2D eigenvalue weighted by atomic mass is 16.4. The number of carbonyl (C=O) groups is 2. The van der Waals surface area contributed by atoms with Crippen LogP contribution in [0.5, 0.6) is 0 Å². The molecular weight excluding hydrogens is 274 g/mol. The lowest BCUT2D eigenvalue weighted by molar-refractivity contribution is -0.138. The molecule has 1 aromatic heterocycles. The lowest BCUT2D eigenvalue weighted by Crippen LogP contribution is -2.45. The third kappa shape index (κ3) is 3.25. The molecule has 0 radical (unpaired) electrons. The zero-order valence-corrected chi connectivity index (χ0v) is 11.6. The van der Waals surface area contributed by atoms with Gasteiger partial charge in [-0.1, -0.05) is 18.2 Å². The Hall–Kier alpha value is -2.70. The maximum Gasteiger partial charge on any atom is 0.305 e. The minimum Gasteiger partial charge on any atom is -0.481 e. The van der Waals surface area contributed by atoms with Crippen LogP contribution >= 0.6 is 0 Å². The minimum absolute atomic E-state index is 0.0589. The molecule has 2 rings (SSSR count). The van der Waals surface area contributed by atoms with Crippen molar-refractivity contribution in [1.82, 2.24) is 15.5 Å². The second kappa shape index (κ2) is 5.35. The number of rotatable bonds is 4. The molecule has 0 bridgehead atoms. The summed E-state index contributed by atoms with van der Waals surface area (Å²) in [7, 11) is 0. The van der Waals surface area contributed by atoms with Crippen LogP contribution in [0.25, 0.3) is 10.8 Å². The molecule has 2 aromatic rings. The summed E-state index contributed by atoms with van der Waals surface area (Å²) in [6, 6.07) is 6.60. The Balaban J connectivity index is 2.39. The molecule has 0 unspecified atom stereocenters. The van der Waals surface area contributed by atoms with E-state index < -0.39 is 17.4 Å². The van der Waals surface area contributed by atoms with Crippen LogP contribution in [-0.2, 0) is 4.79 Å². The van der Waals surface area contributed by atoms with E-state index >= 15 is 0 Å². The number of amides is 1. The minimum atomic E-state index is -1.01. The topological polar surface area (TPSA) is 112 Å². The highest BCUT2D eigenvalue weighted by Gasteiger charge is 2.26. The van der Waals surface area contributed by atoms with E-state index in [-0.39, 0.29) is 17.7 Å². The zero-order chi connectivity index (χ0) is 15.6. The molecule has 7 nitrogen and oxygen atoms in total. The van der Waals surface area contributed by atoms with Crippen LogP contribution in [-0.4, -0.2) is 32.7 Å². The molecule has 0 atom stereocenters. The standard InChI is InChI=1S/C14H15N3O4/c1-14(2,7-10(18)19)15-13(21)11-8-5-3-4-6-9(8)12(20)17-16-11/h3-6H,7H2,1-2H3,(H,15,21)(H,17,20)(H,18,19). The number of nitrogens with one attached hydrogen (secondary N) is 2. The van der Waals surface area contributed by atoms with Crippen molar-refractivity contribution in [2.75, 3.05) is 0 Å². The summed E-state index contributed by atoms with van der Waals surface area (Å²) in [6.45, 7) is 3.21. The molecule has 0 aliphatic carbocycles. The van der Waals surface area contributed by atoms with Gasteiger partial charge in [0, 0.05) is 10.9 Å². The van der Waals surface area contributed by atoms with E-state index in [2.05, 4.69) is 15.5 Å². The normalized spacial score (nSPS) is 11.3. The molecule has 7 heteroatoms. The number of hydrogen-bond acceptors (Lipinski definition) is 4. The average molecular weight is 289 g/mol. The molecule has 110 valence electrons. The summed E-state index contributed by atoms with van der Waals surface area (Å²) in [6.07, 6.45) is -0.222. The van der Waals surface area contributed by atoms with Crippen molar-refractivity contribution < 1.29 is 14.7 Å². The Bertz CT molecular complexity index is 764. The summed E-state index contributed by atoms with van der Waals surface area (Å²) in [5.74, 6) is -1.55. The van der Waals surface area contributed by atoms with Crippen LogP contribution in [0.4, 0.5) is 0 Å². The molecule has 0 saturated carbocycles. The lowest BCUT2D eigenvalue weighted by Gasteiger charge is -2.24.